The Hall–Kier alpha value is -1.66. The van der Waals surface area contributed by atoms with Crippen LogP contribution in [0.4, 0.5) is 5.82 Å². The second-order valence-electron chi connectivity index (χ2n) is 5.30. The van der Waals surface area contributed by atoms with E-state index in [0.717, 1.165) is 5.82 Å². The fraction of sp³-hybridized carbons (Fsp3) is 0.571. The van der Waals surface area contributed by atoms with Crippen LogP contribution in [-0.4, -0.2) is 55.5 Å². The molecule has 0 atom stereocenters. The third kappa shape index (κ3) is 3.26. The van der Waals surface area contributed by atoms with Gasteiger partial charge in [-0.1, -0.05) is 0 Å². The van der Waals surface area contributed by atoms with Crippen LogP contribution in [0.2, 0.25) is 0 Å². The summed E-state index contributed by atoms with van der Waals surface area (Å²) in [5, 5.41) is 12.5. The lowest BCUT2D eigenvalue weighted by molar-refractivity contribution is 0.0125. The van der Waals surface area contributed by atoms with Crippen molar-refractivity contribution in [2.24, 2.45) is 0 Å². The van der Waals surface area contributed by atoms with Crippen molar-refractivity contribution in [3.05, 3.63) is 23.9 Å². The number of carbonyl (C=O) groups excluding carboxylic acids is 1. The number of aliphatic hydroxyl groups is 1. The van der Waals surface area contributed by atoms with Gasteiger partial charge in [-0.2, -0.15) is 0 Å². The molecule has 20 heavy (non-hydrogen) atoms. The largest absolute Gasteiger partial charge is 0.394 e. The Morgan fingerprint density at radius 3 is 2.65 bits per heavy atom. The molecule has 1 amide bonds. The Kier molecular flexibility index (Phi) is 4.57. The number of hydrogen-bond acceptors (Lipinski definition) is 5. The quantitative estimate of drug-likeness (QED) is 0.835. The summed E-state index contributed by atoms with van der Waals surface area (Å²) in [6, 6.07) is 3.53. The average Bonchev–Trinajstić information content (AvgIpc) is 2.48. The number of hydrogen-bond donors (Lipinski definition) is 2. The minimum Gasteiger partial charge on any atom is -0.394 e. The Bertz CT molecular complexity index is 453. The number of aliphatic hydroxyl groups excluding tert-OH is 1. The topological polar surface area (TPSA) is 74.7 Å². The van der Waals surface area contributed by atoms with Gasteiger partial charge in [0.2, 0.25) is 0 Å². The highest BCUT2D eigenvalue weighted by atomic mass is 16.5. The van der Waals surface area contributed by atoms with E-state index >= 15 is 0 Å². The van der Waals surface area contributed by atoms with Crippen molar-refractivity contribution in [3.63, 3.8) is 0 Å². The number of ether oxygens (including phenoxy) is 1. The SMILES string of the molecule is CN(C)c1ccc(C(=O)NC2(CO)CCOCC2)cn1. The number of anilines is 1. The van der Waals surface area contributed by atoms with E-state index in [1.807, 2.05) is 19.0 Å². The lowest BCUT2D eigenvalue weighted by Gasteiger charge is -2.36. The minimum atomic E-state index is -0.574. The molecule has 1 aliphatic rings. The van der Waals surface area contributed by atoms with Gasteiger partial charge < -0.3 is 20.1 Å². The molecule has 6 nitrogen and oxygen atoms in total. The zero-order chi connectivity index (χ0) is 14.6. The molecule has 0 radical (unpaired) electrons. The molecule has 0 spiro atoms. The van der Waals surface area contributed by atoms with Gasteiger partial charge in [0, 0.05) is 33.5 Å². The standard InChI is InChI=1S/C14H21N3O3/c1-17(2)12-4-3-11(9-15-12)13(19)16-14(10-18)5-7-20-8-6-14/h3-4,9,18H,5-8,10H2,1-2H3,(H,16,19). The Labute approximate surface area is 118 Å². The fourth-order valence-corrected chi connectivity index (χ4v) is 2.18. The van der Waals surface area contributed by atoms with Crippen molar-refractivity contribution in [3.8, 4) is 0 Å². The van der Waals surface area contributed by atoms with E-state index < -0.39 is 5.54 Å². The molecule has 1 aromatic rings. The summed E-state index contributed by atoms with van der Waals surface area (Å²) in [5.41, 5.74) is -0.0786. The zero-order valence-electron chi connectivity index (χ0n) is 11.9. The van der Waals surface area contributed by atoms with E-state index in [2.05, 4.69) is 10.3 Å². The van der Waals surface area contributed by atoms with Crippen LogP contribution in [0.15, 0.2) is 18.3 Å². The summed E-state index contributed by atoms with van der Waals surface area (Å²) in [6.07, 6.45) is 2.80. The van der Waals surface area contributed by atoms with Gasteiger partial charge >= 0.3 is 0 Å². The van der Waals surface area contributed by atoms with Crippen LogP contribution in [0.3, 0.4) is 0 Å². The average molecular weight is 279 g/mol. The Morgan fingerprint density at radius 2 is 2.15 bits per heavy atom. The maximum Gasteiger partial charge on any atom is 0.253 e. The molecule has 2 N–H and O–H groups in total. The zero-order valence-corrected chi connectivity index (χ0v) is 11.9. The Balaban J connectivity index is 2.06. The fourth-order valence-electron chi connectivity index (χ4n) is 2.18. The van der Waals surface area contributed by atoms with Crippen LogP contribution < -0.4 is 10.2 Å². The first kappa shape index (κ1) is 14.7. The molecule has 0 aromatic carbocycles. The van der Waals surface area contributed by atoms with Gasteiger partial charge in [-0.25, -0.2) is 4.98 Å². The predicted octanol–water partition coefficient (Wildman–Crippen LogP) is 0.419. The second-order valence-corrected chi connectivity index (χ2v) is 5.30. The Morgan fingerprint density at radius 1 is 1.45 bits per heavy atom. The molecular weight excluding hydrogens is 258 g/mol. The first-order valence-corrected chi connectivity index (χ1v) is 6.71. The minimum absolute atomic E-state index is 0.0781. The lowest BCUT2D eigenvalue weighted by Crippen LogP contribution is -2.54. The van der Waals surface area contributed by atoms with Crippen LogP contribution in [0, 0.1) is 0 Å². The lowest BCUT2D eigenvalue weighted by atomic mass is 9.90. The molecule has 0 saturated carbocycles. The van der Waals surface area contributed by atoms with E-state index in [-0.39, 0.29) is 12.5 Å². The second kappa shape index (κ2) is 6.19. The summed E-state index contributed by atoms with van der Waals surface area (Å²) in [4.78, 5) is 18.3. The maximum atomic E-state index is 12.2. The normalized spacial score (nSPS) is 17.6. The molecule has 0 bridgehead atoms. The number of nitrogens with one attached hydrogen (secondary N) is 1. The van der Waals surface area contributed by atoms with Gasteiger partial charge in [0.1, 0.15) is 5.82 Å². The van der Waals surface area contributed by atoms with E-state index in [9.17, 15) is 9.90 Å². The summed E-state index contributed by atoms with van der Waals surface area (Å²) in [5.74, 6) is 0.586. The third-order valence-corrected chi connectivity index (χ3v) is 3.60. The van der Waals surface area contributed by atoms with Crippen molar-refractivity contribution in [2.45, 2.75) is 18.4 Å². The monoisotopic (exact) mass is 279 g/mol. The van der Waals surface area contributed by atoms with Crippen LogP contribution in [0.5, 0.6) is 0 Å². The van der Waals surface area contributed by atoms with Gasteiger partial charge in [-0.3, -0.25) is 4.79 Å². The van der Waals surface area contributed by atoms with Crippen LogP contribution in [0.25, 0.3) is 0 Å². The van der Waals surface area contributed by atoms with E-state index in [4.69, 9.17) is 4.74 Å². The summed E-state index contributed by atoms with van der Waals surface area (Å²) in [7, 11) is 3.79. The highest BCUT2D eigenvalue weighted by molar-refractivity contribution is 5.94. The molecule has 2 heterocycles. The summed E-state index contributed by atoms with van der Waals surface area (Å²) >= 11 is 0. The molecule has 2 rings (SSSR count). The van der Waals surface area contributed by atoms with Gasteiger partial charge in [0.05, 0.1) is 17.7 Å². The van der Waals surface area contributed by atoms with Crippen molar-refractivity contribution >= 4 is 11.7 Å². The molecule has 1 aromatic heterocycles. The van der Waals surface area contributed by atoms with Gasteiger partial charge in [0.25, 0.3) is 5.91 Å². The van der Waals surface area contributed by atoms with Crippen molar-refractivity contribution < 1.29 is 14.6 Å². The van der Waals surface area contributed by atoms with Crippen molar-refractivity contribution in [1.29, 1.82) is 0 Å². The third-order valence-electron chi connectivity index (χ3n) is 3.60. The van der Waals surface area contributed by atoms with Crippen LogP contribution in [-0.2, 0) is 4.74 Å². The van der Waals surface area contributed by atoms with Crippen molar-refractivity contribution in [1.82, 2.24) is 10.3 Å². The molecule has 0 unspecified atom stereocenters. The first-order valence-electron chi connectivity index (χ1n) is 6.71. The molecule has 1 fully saturated rings. The highest BCUT2D eigenvalue weighted by Gasteiger charge is 2.33. The molecule has 0 aliphatic carbocycles. The molecular formula is C14H21N3O3. The summed E-state index contributed by atoms with van der Waals surface area (Å²) in [6.45, 7) is 1.03. The van der Waals surface area contributed by atoms with E-state index in [0.29, 0.717) is 31.6 Å². The number of rotatable bonds is 4. The van der Waals surface area contributed by atoms with E-state index in [1.165, 1.54) is 0 Å². The molecule has 1 saturated heterocycles. The number of pyridine rings is 1. The number of carbonyl (C=O) groups is 1. The number of nitrogens with zero attached hydrogens (tertiary/aromatic N) is 2. The maximum absolute atomic E-state index is 12.2. The van der Waals surface area contributed by atoms with Crippen LogP contribution in [0.1, 0.15) is 23.2 Å². The predicted molar refractivity (Wildman–Crippen MR) is 75.9 cm³/mol. The van der Waals surface area contributed by atoms with Gasteiger partial charge in [-0.05, 0) is 25.0 Å². The smallest absolute Gasteiger partial charge is 0.253 e. The van der Waals surface area contributed by atoms with Gasteiger partial charge in [0.15, 0.2) is 0 Å². The molecule has 110 valence electrons. The van der Waals surface area contributed by atoms with Gasteiger partial charge in [-0.15, -0.1) is 0 Å². The highest BCUT2D eigenvalue weighted by Crippen LogP contribution is 2.20. The van der Waals surface area contributed by atoms with Crippen molar-refractivity contribution in [2.75, 3.05) is 38.8 Å². The summed E-state index contributed by atoms with van der Waals surface area (Å²) < 4.78 is 5.28. The van der Waals surface area contributed by atoms with Crippen LogP contribution >= 0.6 is 0 Å². The number of amides is 1. The number of aromatic nitrogens is 1. The molecule has 1 aliphatic heterocycles. The van der Waals surface area contributed by atoms with E-state index in [1.54, 1.807) is 18.3 Å². The molecule has 6 heteroatoms. The first-order chi connectivity index (χ1) is 9.56.